The molecule has 0 aliphatic heterocycles. The normalized spacial score (nSPS) is 26.6. The lowest BCUT2D eigenvalue weighted by atomic mass is 10.1. The summed E-state index contributed by atoms with van der Waals surface area (Å²) in [6.45, 7) is 7.16. The second-order valence-electron chi connectivity index (χ2n) is 4.65. The molecule has 0 radical (unpaired) electrons. The molecule has 0 spiro atoms. The Morgan fingerprint density at radius 2 is 2.23 bits per heavy atom. The molecule has 1 unspecified atom stereocenters. The van der Waals surface area contributed by atoms with Crippen molar-refractivity contribution in [1.29, 1.82) is 0 Å². The second-order valence-corrected chi connectivity index (χ2v) is 4.65. The van der Waals surface area contributed by atoms with Crippen molar-refractivity contribution >= 4 is 5.91 Å². The zero-order valence-corrected chi connectivity index (χ0v) is 8.76. The summed E-state index contributed by atoms with van der Waals surface area (Å²) in [4.78, 5) is 11.3. The molecule has 3 N–H and O–H groups in total. The van der Waals surface area contributed by atoms with Gasteiger partial charge in [0.25, 0.3) is 0 Å². The molecule has 3 nitrogen and oxygen atoms in total. The lowest BCUT2D eigenvalue weighted by Crippen LogP contribution is -2.41. The standard InChI is InChI=1S/C10H20N2O/c1-4-8(11)9(13)12-6-7-5-10(7,2)3/h7-8H,4-6,11H2,1-3H3,(H,12,13)/t7?,8-/m0/s1. The maximum absolute atomic E-state index is 11.3. The average molecular weight is 184 g/mol. The van der Waals surface area contributed by atoms with E-state index in [1.165, 1.54) is 6.42 Å². The lowest BCUT2D eigenvalue weighted by molar-refractivity contribution is -0.122. The summed E-state index contributed by atoms with van der Waals surface area (Å²) in [5.41, 5.74) is 6.01. The fraction of sp³-hybridized carbons (Fsp3) is 0.900. The van der Waals surface area contributed by atoms with Crippen LogP contribution in [0.2, 0.25) is 0 Å². The van der Waals surface area contributed by atoms with Crippen LogP contribution in [0.1, 0.15) is 33.6 Å². The Morgan fingerprint density at radius 3 is 2.62 bits per heavy atom. The summed E-state index contributed by atoms with van der Waals surface area (Å²) in [5.74, 6) is 0.644. The van der Waals surface area contributed by atoms with E-state index in [0.29, 0.717) is 17.8 Å². The van der Waals surface area contributed by atoms with Crippen molar-refractivity contribution in [2.24, 2.45) is 17.1 Å². The predicted octanol–water partition coefficient (Wildman–Crippen LogP) is 0.886. The van der Waals surface area contributed by atoms with E-state index in [9.17, 15) is 4.79 Å². The summed E-state index contributed by atoms with van der Waals surface area (Å²) >= 11 is 0. The van der Waals surface area contributed by atoms with Crippen LogP contribution in [0, 0.1) is 11.3 Å². The van der Waals surface area contributed by atoms with Crippen molar-refractivity contribution < 1.29 is 4.79 Å². The highest BCUT2D eigenvalue weighted by Crippen LogP contribution is 2.50. The molecular weight excluding hydrogens is 164 g/mol. The molecule has 0 heterocycles. The van der Waals surface area contributed by atoms with Gasteiger partial charge in [-0.25, -0.2) is 0 Å². The predicted molar refractivity (Wildman–Crippen MR) is 53.2 cm³/mol. The van der Waals surface area contributed by atoms with E-state index >= 15 is 0 Å². The summed E-state index contributed by atoms with van der Waals surface area (Å²) < 4.78 is 0. The van der Waals surface area contributed by atoms with Crippen molar-refractivity contribution in [3.63, 3.8) is 0 Å². The van der Waals surface area contributed by atoms with Crippen LogP contribution in [-0.2, 0) is 4.79 Å². The number of nitrogens with one attached hydrogen (secondary N) is 1. The number of hydrogen-bond acceptors (Lipinski definition) is 2. The first-order valence-corrected chi connectivity index (χ1v) is 5.00. The Hall–Kier alpha value is -0.570. The van der Waals surface area contributed by atoms with Gasteiger partial charge in [-0.3, -0.25) is 4.79 Å². The number of carbonyl (C=O) groups excluding carboxylic acids is 1. The van der Waals surface area contributed by atoms with E-state index in [2.05, 4.69) is 19.2 Å². The number of carbonyl (C=O) groups is 1. The van der Waals surface area contributed by atoms with Crippen molar-refractivity contribution in [3.8, 4) is 0 Å². The smallest absolute Gasteiger partial charge is 0.236 e. The number of amides is 1. The molecule has 0 bridgehead atoms. The van der Waals surface area contributed by atoms with Gasteiger partial charge in [-0.15, -0.1) is 0 Å². The summed E-state index contributed by atoms with van der Waals surface area (Å²) in [6, 6.07) is -0.332. The van der Waals surface area contributed by atoms with E-state index in [1.54, 1.807) is 0 Å². The fourth-order valence-corrected chi connectivity index (χ4v) is 1.46. The molecule has 0 aromatic heterocycles. The van der Waals surface area contributed by atoms with Crippen LogP contribution in [0.4, 0.5) is 0 Å². The van der Waals surface area contributed by atoms with Gasteiger partial charge < -0.3 is 11.1 Å². The third-order valence-corrected chi connectivity index (χ3v) is 3.02. The first kappa shape index (κ1) is 10.5. The van der Waals surface area contributed by atoms with Gasteiger partial charge in [-0.2, -0.15) is 0 Å². The summed E-state index contributed by atoms with van der Waals surface area (Å²) in [7, 11) is 0. The van der Waals surface area contributed by atoms with E-state index in [1.807, 2.05) is 6.92 Å². The highest BCUT2D eigenvalue weighted by molar-refractivity contribution is 5.81. The molecule has 13 heavy (non-hydrogen) atoms. The zero-order valence-electron chi connectivity index (χ0n) is 8.76. The highest BCUT2D eigenvalue weighted by atomic mass is 16.2. The minimum absolute atomic E-state index is 0.00907. The number of hydrogen-bond donors (Lipinski definition) is 2. The van der Waals surface area contributed by atoms with Gasteiger partial charge in [-0.1, -0.05) is 20.8 Å². The van der Waals surface area contributed by atoms with Crippen LogP contribution in [0.5, 0.6) is 0 Å². The van der Waals surface area contributed by atoms with Crippen LogP contribution in [0.3, 0.4) is 0 Å². The van der Waals surface area contributed by atoms with Crippen LogP contribution < -0.4 is 11.1 Å². The third kappa shape index (κ3) is 2.69. The Morgan fingerprint density at radius 1 is 1.69 bits per heavy atom. The topological polar surface area (TPSA) is 55.1 Å². The first-order valence-electron chi connectivity index (χ1n) is 5.00. The zero-order chi connectivity index (χ0) is 10.1. The monoisotopic (exact) mass is 184 g/mol. The van der Waals surface area contributed by atoms with Gasteiger partial charge in [0.2, 0.25) is 5.91 Å². The molecule has 0 aromatic carbocycles. The van der Waals surface area contributed by atoms with E-state index < -0.39 is 0 Å². The van der Waals surface area contributed by atoms with Gasteiger partial charge in [-0.05, 0) is 24.2 Å². The molecule has 0 aromatic rings. The van der Waals surface area contributed by atoms with Crippen molar-refractivity contribution in [2.45, 2.75) is 39.7 Å². The van der Waals surface area contributed by atoms with Crippen LogP contribution in [-0.4, -0.2) is 18.5 Å². The van der Waals surface area contributed by atoms with Gasteiger partial charge in [0.05, 0.1) is 6.04 Å². The van der Waals surface area contributed by atoms with Gasteiger partial charge in [0, 0.05) is 6.54 Å². The van der Waals surface area contributed by atoms with Crippen molar-refractivity contribution in [1.82, 2.24) is 5.32 Å². The van der Waals surface area contributed by atoms with Gasteiger partial charge in [0.1, 0.15) is 0 Å². The molecule has 3 heteroatoms. The Balaban J connectivity index is 2.17. The minimum Gasteiger partial charge on any atom is -0.354 e. The average Bonchev–Trinajstić information content (AvgIpc) is 2.68. The van der Waals surface area contributed by atoms with Crippen LogP contribution in [0.15, 0.2) is 0 Å². The molecule has 0 saturated heterocycles. The van der Waals surface area contributed by atoms with Crippen LogP contribution >= 0.6 is 0 Å². The van der Waals surface area contributed by atoms with E-state index in [0.717, 1.165) is 6.54 Å². The molecule has 76 valence electrons. The maximum atomic E-state index is 11.3. The summed E-state index contributed by atoms with van der Waals surface area (Å²) in [5, 5.41) is 2.89. The molecule has 1 fully saturated rings. The highest BCUT2D eigenvalue weighted by Gasteiger charge is 2.45. The SMILES string of the molecule is CC[C@H](N)C(=O)NCC1CC1(C)C. The number of nitrogens with two attached hydrogens (primary N) is 1. The minimum atomic E-state index is -0.332. The maximum Gasteiger partial charge on any atom is 0.236 e. The summed E-state index contributed by atoms with van der Waals surface area (Å²) in [6.07, 6.45) is 1.93. The molecule has 2 atom stereocenters. The van der Waals surface area contributed by atoms with Gasteiger partial charge in [0.15, 0.2) is 0 Å². The quantitative estimate of drug-likeness (QED) is 0.681. The fourth-order valence-electron chi connectivity index (χ4n) is 1.46. The third-order valence-electron chi connectivity index (χ3n) is 3.02. The first-order chi connectivity index (χ1) is 5.97. The largest absolute Gasteiger partial charge is 0.354 e. The van der Waals surface area contributed by atoms with E-state index in [-0.39, 0.29) is 11.9 Å². The molecule has 1 aliphatic rings. The van der Waals surface area contributed by atoms with Crippen molar-refractivity contribution in [3.05, 3.63) is 0 Å². The van der Waals surface area contributed by atoms with E-state index in [4.69, 9.17) is 5.73 Å². The molecule has 1 rings (SSSR count). The molecular formula is C10H20N2O. The molecule has 1 saturated carbocycles. The lowest BCUT2D eigenvalue weighted by Gasteiger charge is -2.10. The molecule has 1 aliphatic carbocycles. The van der Waals surface area contributed by atoms with Crippen LogP contribution in [0.25, 0.3) is 0 Å². The number of rotatable bonds is 4. The van der Waals surface area contributed by atoms with Gasteiger partial charge >= 0.3 is 0 Å². The second kappa shape index (κ2) is 3.66. The Bertz CT molecular complexity index is 201. The Labute approximate surface area is 80.1 Å². The van der Waals surface area contributed by atoms with Crippen molar-refractivity contribution in [2.75, 3.05) is 6.54 Å². The Kier molecular flexibility index (Phi) is 2.96. The molecule has 1 amide bonds.